The van der Waals surface area contributed by atoms with Crippen molar-refractivity contribution in [3.63, 3.8) is 0 Å². The van der Waals surface area contributed by atoms with Gasteiger partial charge in [0.15, 0.2) is 0 Å². The predicted octanol–water partition coefficient (Wildman–Crippen LogP) is 3.07. The van der Waals surface area contributed by atoms with Gasteiger partial charge in [-0.05, 0) is 37.6 Å². The molecule has 0 radical (unpaired) electrons. The first-order valence-electron chi connectivity index (χ1n) is 8.95. The maximum Gasteiger partial charge on any atom is 0.253 e. The highest BCUT2D eigenvalue weighted by Gasteiger charge is 2.32. The Morgan fingerprint density at radius 3 is 2.93 bits per heavy atom. The summed E-state index contributed by atoms with van der Waals surface area (Å²) >= 11 is 1.60. The number of rotatable bonds is 3. The summed E-state index contributed by atoms with van der Waals surface area (Å²) in [6, 6.07) is 7.40. The summed E-state index contributed by atoms with van der Waals surface area (Å²) < 4.78 is 6.44. The van der Waals surface area contributed by atoms with Crippen LogP contribution in [0.25, 0.3) is 21.9 Å². The van der Waals surface area contributed by atoms with Gasteiger partial charge in [0.2, 0.25) is 17.5 Å². The van der Waals surface area contributed by atoms with Crippen molar-refractivity contribution in [3.05, 3.63) is 53.1 Å². The maximum absolute atomic E-state index is 12.9. The molecule has 0 spiro atoms. The van der Waals surface area contributed by atoms with E-state index in [1.54, 1.807) is 29.8 Å². The quantitative estimate of drug-likeness (QED) is 0.528. The molecule has 1 aliphatic rings. The lowest BCUT2D eigenvalue weighted by molar-refractivity contribution is 0.0790. The van der Waals surface area contributed by atoms with Crippen LogP contribution >= 0.6 is 11.3 Å². The number of hydrogen-bond acceptors (Lipinski definition) is 8. The lowest BCUT2D eigenvalue weighted by Gasteiger charge is -2.15. The van der Waals surface area contributed by atoms with E-state index in [0.29, 0.717) is 36.2 Å². The van der Waals surface area contributed by atoms with Crippen LogP contribution in [-0.4, -0.2) is 49.0 Å². The second-order valence-corrected chi connectivity index (χ2v) is 7.92. The predicted molar refractivity (Wildman–Crippen MR) is 103 cm³/mol. The van der Waals surface area contributed by atoms with Gasteiger partial charge >= 0.3 is 0 Å². The van der Waals surface area contributed by atoms with E-state index in [1.165, 1.54) is 0 Å². The highest BCUT2D eigenvalue weighted by molar-refractivity contribution is 7.18. The molecular weight excluding hydrogens is 376 g/mol. The molecule has 1 atom stereocenters. The topological polar surface area (TPSA) is 97.9 Å². The third-order valence-corrected chi connectivity index (χ3v) is 5.71. The molecule has 0 saturated carbocycles. The first kappa shape index (κ1) is 16.9. The first-order valence-corrected chi connectivity index (χ1v) is 9.76. The summed E-state index contributed by atoms with van der Waals surface area (Å²) in [5.41, 5.74) is 1.61. The van der Waals surface area contributed by atoms with E-state index in [-0.39, 0.29) is 11.8 Å². The highest BCUT2D eigenvalue weighted by atomic mass is 32.1. The van der Waals surface area contributed by atoms with Crippen molar-refractivity contribution in [1.82, 2.24) is 30.0 Å². The summed E-state index contributed by atoms with van der Waals surface area (Å²) in [6.07, 6.45) is 4.05. The van der Waals surface area contributed by atoms with Crippen molar-refractivity contribution < 1.29 is 9.32 Å². The highest BCUT2D eigenvalue weighted by Crippen LogP contribution is 2.29. The zero-order chi connectivity index (χ0) is 19.1. The smallest absolute Gasteiger partial charge is 0.253 e. The van der Waals surface area contributed by atoms with Crippen LogP contribution in [0.2, 0.25) is 0 Å². The molecule has 5 rings (SSSR count). The SMILES string of the molecule is Cc1nc2ccc(C(=O)N3CCC(c4nc(-c5ncccn5)no4)C3)cc2s1. The fourth-order valence-electron chi connectivity index (χ4n) is 3.41. The Hall–Kier alpha value is -3.20. The van der Waals surface area contributed by atoms with Crippen molar-refractivity contribution >= 4 is 27.5 Å². The fraction of sp³-hybridized carbons (Fsp3) is 0.263. The number of carbonyl (C=O) groups is 1. The maximum atomic E-state index is 12.9. The summed E-state index contributed by atoms with van der Waals surface area (Å²) in [4.78, 5) is 31.9. The summed E-state index contributed by atoms with van der Waals surface area (Å²) in [5, 5.41) is 4.97. The number of nitrogens with zero attached hydrogens (tertiary/aromatic N) is 6. The van der Waals surface area contributed by atoms with Crippen LogP contribution in [0.15, 0.2) is 41.2 Å². The van der Waals surface area contributed by atoms with Crippen molar-refractivity contribution in [2.45, 2.75) is 19.3 Å². The van der Waals surface area contributed by atoms with E-state index in [4.69, 9.17) is 4.52 Å². The number of benzene rings is 1. The zero-order valence-electron chi connectivity index (χ0n) is 15.1. The molecule has 1 amide bonds. The van der Waals surface area contributed by atoms with Crippen molar-refractivity contribution in [2.75, 3.05) is 13.1 Å². The second kappa shape index (κ2) is 6.75. The number of aromatic nitrogens is 5. The lowest BCUT2D eigenvalue weighted by Crippen LogP contribution is -2.28. The molecule has 1 saturated heterocycles. The van der Waals surface area contributed by atoms with Crippen LogP contribution < -0.4 is 0 Å². The Morgan fingerprint density at radius 2 is 2.07 bits per heavy atom. The zero-order valence-corrected chi connectivity index (χ0v) is 15.9. The number of aryl methyl sites for hydroxylation is 1. The number of thiazole rings is 1. The van der Waals surface area contributed by atoms with Crippen molar-refractivity contribution in [3.8, 4) is 11.6 Å². The van der Waals surface area contributed by atoms with E-state index in [0.717, 1.165) is 21.6 Å². The van der Waals surface area contributed by atoms with Gasteiger partial charge in [0.1, 0.15) is 0 Å². The average molecular weight is 392 g/mol. The molecule has 1 aliphatic heterocycles. The minimum atomic E-state index is 0.0154. The monoisotopic (exact) mass is 392 g/mol. The van der Waals surface area contributed by atoms with E-state index in [1.807, 2.05) is 30.0 Å². The largest absolute Gasteiger partial charge is 0.338 e. The van der Waals surface area contributed by atoms with Gasteiger partial charge in [0.05, 0.1) is 21.1 Å². The third kappa shape index (κ3) is 3.03. The Morgan fingerprint density at radius 1 is 1.21 bits per heavy atom. The van der Waals surface area contributed by atoms with Crippen molar-refractivity contribution in [2.24, 2.45) is 0 Å². The van der Waals surface area contributed by atoms with E-state index >= 15 is 0 Å². The molecular formula is C19H16N6O2S. The minimum absolute atomic E-state index is 0.0154. The van der Waals surface area contributed by atoms with Crippen molar-refractivity contribution in [1.29, 1.82) is 0 Å². The Bertz CT molecular complexity index is 1160. The standard InChI is InChI=1S/C19H16N6O2S/c1-11-22-14-4-3-12(9-15(14)28-11)19(26)25-8-5-13(10-25)18-23-17(24-27-18)16-20-6-2-7-21-16/h2-4,6-7,9,13H,5,8,10H2,1H3. The Kier molecular flexibility index (Phi) is 4.09. The van der Waals surface area contributed by atoms with Gasteiger partial charge in [0, 0.05) is 31.0 Å². The third-order valence-electron chi connectivity index (χ3n) is 4.77. The van der Waals surface area contributed by atoms with Gasteiger partial charge in [-0.3, -0.25) is 4.79 Å². The van der Waals surface area contributed by atoms with E-state index < -0.39 is 0 Å². The summed E-state index contributed by atoms with van der Waals surface area (Å²) in [5.74, 6) is 1.35. The van der Waals surface area contributed by atoms with Crippen LogP contribution in [0.1, 0.15) is 33.6 Å². The van der Waals surface area contributed by atoms with Gasteiger partial charge in [0.25, 0.3) is 5.91 Å². The molecule has 3 aromatic heterocycles. The average Bonchev–Trinajstić information content (AvgIpc) is 3.45. The number of hydrogen-bond donors (Lipinski definition) is 0. The summed E-state index contributed by atoms with van der Waals surface area (Å²) in [7, 11) is 0. The molecule has 140 valence electrons. The Labute approximate surface area is 164 Å². The molecule has 0 bridgehead atoms. The van der Waals surface area contributed by atoms with Gasteiger partial charge in [-0.2, -0.15) is 4.98 Å². The molecule has 9 heteroatoms. The number of carbonyl (C=O) groups excluding carboxylic acids is 1. The van der Waals surface area contributed by atoms with Gasteiger partial charge in [-0.15, -0.1) is 11.3 Å². The molecule has 0 aliphatic carbocycles. The number of fused-ring (bicyclic) bond motifs is 1. The van der Waals surface area contributed by atoms with Crippen LogP contribution in [0, 0.1) is 6.92 Å². The molecule has 1 unspecified atom stereocenters. The van der Waals surface area contributed by atoms with Gasteiger partial charge in [-0.1, -0.05) is 5.16 Å². The number of amides is 1. The molecule has 0 N–H and O–H groups in total. The molecule has 28 heavy (non-hydrogen) atoms. The van der Waals surface area contributed by atoms with E-state index in [2.05, 4.69) is 25.1 Å². The molecule has 4 aromatic rings. The van der Waals surface area contributed by atoms with Gasteiger partial charge < -0.3 is 9.42 Å². The van der Waals surface area contributed by atoms with Crippen LogP contribution in [0.3, 0.4) is 0 Å². The van der Waals surface area contributed by atoms with Crippen LogP contribution in [-0.2, 0) is 0 Å². The second-order valence-electron chi connectivity index (χ2n) is 6.68. The fourth-order valence-corrected chi connectivity index (χ4v) is 4.27. The van der Waals surface area contributed by atoms with E-state index in [9.17, 15) is 4.79 Å². The molecule has 8 nitrogen and oxygen atoms in total. The molecule has 1 fully saturated rings. The molecule has 1 aromatic carbocycles. The van der Waals surface area contributed by atoms with Crippen LogP contribution in [0.4, 0.5) is 0 Å². The normalized spacial score (nSPS) is 16.8. The summed E-state index contributed by atoms with van der Waals surface area (Å²) in [6.45, 7) is 3.18. The van der Waals surface area contributed by atoms with Crippen LogP contribution in [0.5, 0.6) is 0 Å². The van der Waals surface area contributed by atoms with Gasteiger partial charge in [-0.25, -0.2) is 15.0 Å². The number of likely N-dealkylation sites (tertiary alicyclic amines) is 1. The Balaban J connectivity index is 1.32. The minimum Gasteiger partial charge on any atom is -0.338 e. The lowest BCUT2D eigenvalue weighted by atomic mass is 10.1. The first-order chi connectivity index (χ1) is 13.7. The molecule has 4 heterocycles.